The Hall–Kier alpha value is -10.4. The monoisotopic (exact) mass is 1390 g/mol. The van der Waals surface area contributed by atoms with Gasteiger partial charge in [-0.1, -0.05) is 170 Å². The number of nitrogens with zero attached hydrogens (tertiary/aromatic N) is 2. The summed E-state index contributed by atoms with van der Waals surface area (Å²) in [5.74, 6) is -0.288. The summed E-state index contributed by atoms with van der Waals surface area (Å²) in [6.07, 6.45) is 2.46. The topological polar surface area (TPSA) is 253 Å². The summed E-state index contributed by atoms with van der Waals surface area (Å²) in [7, 11) is 0. The van der Waals surface area contributed by atoms with Gasteiger partial charge in [0.05, 0.1) is 51.4 Å². The Kier molecular flexibility index (Phi) is 33.9. The zero-order chi connectivity index (χ0) is 71.6. The van der Waals surface area contributed by atoms with Crippen LogP contribution in [0.15, 0.2) is 218 Å². The first-order chi connectivity index (χ1) is 49.9. The van der Waals surface area contributed by atoms with Gasteiger partial charge in [0, 0.05) is 65.2 Å². The first-order valence-corrected chi connectivity index (χ1v) is 35.1. The van der Waals surface area contributed by atoms with Crippen LogP contribution in [0.2, 0.25) is 0 Å². The molecule has 2 atom stereocenters. The third-order valence-electron chi connectivity index (χ3n) is 16.8. The lowest BCUT2D eigenvalue weighted by atomic mass is 10.0. The number of hydrogen-bond acceptors (Lipinski definition) is 14. The second-order valence-electron chi connectivity index (χ2n) is 24.8. The molecule has 0 saturated heterocycles. The number of ether oxygens (including phenoxy) is 6. The maximum atomic E-state index is 14.6. The van der Waals surface area contributed by atoms with Crippen molar-refractivity contribution >= 4 is 35.6 Å². The van der Waals surface area contributed by atoms with Crippen molar-refractivity contribution < 1.29 is 67.4 Å². The van der Waals surface area contributed by atoms with Gasteiger partial charge in [-0.05, 0) is 132 Å². The standard InChI is InChI=1S/C82H96N6O14/c89-77(43-45-79(91)92)83-47-15-13-25-75(87(55-63-27-35-71(36-28-63)99-59-67-17-5-1-6-18-67)56-64-29-37-72(38-30-64)100-60-68-19-7-2-8-20-68)81(95)85-49-51-97-53-54-98-52-50-86-82(96)76(26-14-16-48-84-78(90)44-46-80(93)94)88(57-65-31-39-73(40-32-65)101-61-69-21-9-3-10-22-69)58-66-33-41-74(42-34-66)102-62-70-23-11-4-12-24-70/h1-12,17-24,27-42,75-76H,13-16,25-26,43-62H2,(H,83,89)(H,84,90)(H,85,95)(H,86,96)(H,91,92)(H,93,94)/t75-,76-/m0/s1. The van der Waals surface area contributed by atoms with Crippen molar-refractivity contribution in [3.05, 3.63) is 263 Å². The Morgan fingerprint density at radius 3 is 0.843 bits per heavy atom. The van der Waals surface area contributed by atoms with E-state index in [0.717, 1.165) is 44.5 Å². The zero-order valence-corrected chi connectivity index (χ0v) is 58.0. The smallest absolute Gasteiger partial charge is 0.303 e. The number of carboxylic acids is 2. The van der Waals surface area contributed by atoms with Crippen LogP contribution in [0, 0.1) is 0 Å². The van der Waals surface area contributed by atoms with E-state index in [4.69, 9.17) is 38.6 Å². The molecule has 20 nitrogen and oxygen atoms in total. The number of carboxylic acid groups (broad SMARTS) is 2. The fourth-order valence-corrected chi connectivity index (χ4v) is 11.2. The summed E-state index contributed by atoms with van der Waals surface area (Å²) in [5, 5.41) is 30.1. The maximum Gasteiger partial charge on any atom is 0.303 e. The third kappa shape index (κ3) is 30.2. The molecule has 0 bridgehead atoms. The van der Waals surface area contributed by atoms with E-state index < -0.39 is 24.0 Å². The SMILES string of the molecule is O=C(O)CCC(=O)NCCCC[C@@H](C(=O)NCCOCCOCCNC(=O)[C@H](CCCCNC(=O)CCC(=O)O)N(Cc1ccc(OCc2ccccc2)cc1)Cc1ccc(OCc2ccccc2)cc1)N(Cc1ccc(OCc2ccccc2)cc1)Cc1ccc(OCc2ccccc2)cc1. The molecule has 0 aliphatic heterocycles. The molecule has 538 valence electrons. The van der Waals surface area contributed by atoms with Crippen LogP contribution >= 0.6 is 0 Å². The fourth-order valence-electron chi connectivity index (χ4n) is 11.2. The Morgan fingerprint density at radius 2 is 0.578 bits per heavy atom. The number of nitrogens with one attached hydrogen (secondary N) is 4. The minimum absolute atomic E-state index is 0.114. The molecule has 0 aliphatic rings. The number of carbonyl (C=O) groups excluding carboxylic acids is 4. The molecule has 0 fully saturated rings. The Balaban J connectivity index is 0.878. The average molecular weight is 1390 g/mol. The first-order valence-electron chi connectivity index (χ1n) is 35.1. The van der Waals surface area contributed by atoms with Crippen LogP contribution in [0.4, 0.5) is 0 Å². The number of benzene rings is 8. The Morgan fingerprint density at radius 1 is 0.304 bits per heavy atom. The number of amides is 4. The van der Waals surface area contributed by atoms with Crippen LogP contribution in [-0.2, 0) is 90.8 Å². The van der Waals surface area contributed by atoms with Crippen LogP contribution in [0.1, 0.15) is 109 Å². The predicted molar refractivity (Wildman–Crippen MR) is 390 cm³/mol. The van der Waals surface area contributed by atoms with E-state index in [1.807, 2.05) is 218 Å². The quantitative estimate of drug-likeness (QED) is 0.0194. The van der Waals surface area contributed by atoms with Gasteiger partial charge < -0.3 is 59.9 Å². The van der Waals surface area contributed by atoms with Gasteiger partial charge in [0.15, 0.2) is 0 Å². The van der Waals surface area contributed by atoms with Crippen LogP contribution in [0.3, 0.4) is 0 Å². The highest BCUT2D eigenvalue weighted by Crippen LogP contribution is 2.25. The summed E-state index contributed by atoms with van der Waals surface area (Å²) in [6.45, 7) is 5.31. The normalized spacial score (nSPS) is 11.7. The molecule has 8 rings (SSSR count). The molecular weight excluding hydrogens is 1290 g/mol. The van der Waals surface area contributed by atoms with Gasteiger partial charge in [0.25, 0.3) is 0 Å². The molecule has 0 unspecified atom stereocenters. The molecule has 0 saturated carbocycles. The van der Waals surface area contributed by atoms with Gasteiger partial charge in [-0.3, -0.25) is 38.6 Å². The summed E-state index contributed by atoms with van der Waals surface area (Å²) in [6, 6.07) is 70.1. The van der Waals surface area contributed by atoms with E-state index in [0.29, 0.717) is 127 Å². The van der Waals surface area contributed by atoms with Gasteiger partial charge in [-0.2, -0.15) is 0 Å². The number of aliphatic carboxylic acids is 2. The van der Waals surface area contributed by atoms with Crippen LogP contribution in [0.25, 0.3) is 0 Å². The number of hydrogen-bond donors (Lipinski definition) is 6. The van der Waals surface area contributed by atoms with Gasteiger partial charge in [-0.25, -0.2) is 0 Å². The van der Waals surface area contributed by atoms with E-state index in [-0.39, 0.29) is 88.8 Å². The minimum atomic E-state index is -1.04. The number of carbonyl (C=O) groups is 6. The number of rotatable bonds is 49. The van der Waals surface area contributed by atoms with Crippen molar-refractivity contribution in [1.29, 1.82) is 0 Å². The molecule has 8 aromatic carbocycles. The molecule has 0 aromatic heterocycles. The van der Waals surface area contributed by atoms with Gasteiger partial charge in [0.1, 0.15) is 49.4 Å². The molecule has 8 aromatic rings. The molecule has 0 spiro atoms. The zero-order valence-electron chi connectivity index (χ0n) is 58.0. The van der Waals surface area contributed by atoms with Gasteiger partial charge in [0.2, 0.25) is 23.6 Å². The van der Waals surface area contributed by atoms with Crippen molar-refractivity contribution in [2.24, 2.45) is 0 Å². The van der Waals surface area contributed by atoms with Crippen molar-refractivity contribution in [2.45, 2.75) is 129 Å². The van der Waals surface area contributed by atoms with E-state index in [1.165, 1.54) is 0 Å². The summed E-state index contributed by atoms with van der Waals surface area (Å²) in [5.41, 5.74) is 8.08. The summed E-state index contributed by atoms with van der Waals surface area (Å²) >= 11 is 0. The van der Waals surface area contributed by atoms with Crippen LogP contribution in [-0.4, -0.2) is 120 Å². The molecule has 6 N–H and O–H groups in total. The van der Waals surface area contributed by atoms with Crippen LogP contribution in [0.5, 0.6) is 23.0 Å². The van der Waals surface area contributed by atoms with Gasteiger partial charge >= 0.3 is 11.9 Å². The lowest BCUT2D eigenvalue weighted by molar-refractivity contribution is -0.139. The molecule has 20 heteroatoms. The maximum absolute atomic E-state index is 14.6. The fraction of sp³-hybridized carbons (Fsp3) is 0.341. The lowest BCUT2D eigenvalue weighted by Gasteiger charge is -2.31. The number of unbranched alkanes of at least 4 members (excludes halogenated alkanes) is 2. The van der Waals surface area contributed by atoms with E-state index in [1.54, 1.807) is 0 Å². The summed E-state index contributed by atoms with van der Waals surface area (Å²) < 4.78 is 36.4. The highest BCUT2D eigenvalue weighted by molar-refractivity contribution is 5.83. The molecule has 4 amide bonds. The van der Waals surface area contributed by atoms with Crippen LogP contribution < -0.4 is 40.2 Å². The van der Waals surface area contributed by atoms with E-state index in [2.05, 4.69) is 31.1 Å². The Labute approximate surface area is 598 Å². The molecule has 0 aliphatic carbocycles. The molecule has 0 radical (unpaired) electrons. The van der Waals surface area contributed by atoms with Gasteiger partial charge in [-0.15, -0.1) is 0 Å². The average Bonchev–Trinajstić information content (AvgIpc) is 0.875. The second-order valence-corrected chi connectivity index (χ2v) is 24.8. The molecule has 102 heavy (non-hydrogen) atoms. The van der Waals surface area contributed by atoms with Crippen molar-refractivity contribution in [2.75, 3.05) is 52.6 Å². The van der Waals surface area contributed by atoms with Crippen molar-refractivity contribution in [3.63, 3.8) is 0 Å². The summed E-state index contributed by atoms with van der Waals surface area (Å²) in [4.78, 5) is 80.5. The highest BCUT2D eigenvalue weighted by atomic mass is 16.5. The van der Waals surface area contributed by atoms with E-state index >= 15 is 0 Å². The van der Waals surface area contributed by atoms with Crippen molar-refractivity contribution in [1.82, 2.24) is 31.1 Å². The largest absolute Gasteiger partial charge is 0.489 e. The molecular formula is C82H96N6O14. The Bertz CT molecular complexity index is 3300. The highest BCUT2D eigenvalue weighted by Gasteiger charge is 2.28. The third-order valence-corrected chi connectivity index (χ3v) is 16.8. The van der Waals surface area contributed by atoms with E-state index in [9.17, 15) is 28.8 Å². The van der Waals surface area contributed by atoms with Crippen molar-refractivity contribution in [3.8, 4) is 23.0 Å². The minimum Gasteiger partial charge on any atom is -0.489 e. The second kappa shape index (κ2) is 44.7. The molecule has 0 heterocycles. The predicted octanol–water partition coefficient (Wildman–Crippen LogP) is 12.0. The first kappa shape index (κ1) is 77.4. The lowest BCUT2D eigenvalue weighted by Crippen LogP contribution is -2.47.